The second kappa shape index (κ2) is 8.97. The molecule has 0 spiro atoms. The summed E-state index contributed by atoms with van der Waals surface area (Å²) in [6.07, 6.45) is 0. The summed E-state index contributed by atoms with van der Waals surface area (Å²) in [5.41, 5.74) is 2.62. The zero-order valence-electron chi connectivity index (χ0n) is 15.4. The predicted molar refractivity (Wildman–Crippen MR) is 112 cm³/mol. The lowest BCUT2D eigenvalue weighted by Gasteiger charge is -2.08. The van der Waals surface area contributed by atoms with Crippen molar-refractivity contribution in [2.24, 2.45) is 0 Å². The van der Waals surface area contributed by atoms with Crippen LogP contribution in [0.2, 0.25) is 0 Å². The van der Waals surface area contributed by atoms with Crippen LogP contribution in [-0.2, 0) is 4.79 Å². The van der Waals surface area contributed by atoms with Crippen molar-refractivity contribution in [1.29, 1.82) is 0 Å². The number of nitro groups is 1. The molecule has 2 aromatic carbocycles. The molecule has 150 valence electrons. The van der Waals surface area contributed by atoms with Gasteiger partial charge in [0, 0.05) is 17.8 Å². The third kappa shape index (κ3) is 5.27. The standard InChI is InChI=1S/C18H16FN5O3S2/c1-10-4-3-5-13(11(10)2)21-17-22-23-18(29-17)28-9-16(25)20-14-8-12(19)6-7-15(14)24(26)27/h3-8H,9H2,1-2H3,(H,20,25)(H,21,22). The van der Waals surface area contributed by atoms with Crippen molar-refractivity contribution < 1.29 is 14.1 Å². The van der Waals surface area contributed by atoms with Crippen molar-refractivity contribution in [2.45, 2.75) is 18.2 Å². The highest BCUT2D eigenvalue weighted by Gasteiger charge is 2.17. The van der Waals surface area contributed by atoms with Crippen LogP contribution < -0.4 is 10.6 Å². The van der Waals surface area contributed by atoms with E-state index in [9.17, 15) is 19.3 Å². The Morgan fingerprint density at radius 1 is 1.24 bits per heavy atom. The molecule has 0 aliphatic carbocycles. The van der Waals surface area contributed by atoms with Gasteiger partial charge in [0.05, 0.1) is 10.7 Å². The molecule has 1 amide bonds. The Bertz CT molecular complexity index is 1070. The quantitative estimate of drug-likeness (QED) is 0.316. The number of aryl methyl sites for hydroxylation is 1. The van der Waals surface area contributed by atoms with Crippen molar-refractivity contribution in [2.75, 3.05) is 16.4 Å². The number of nitro benzene ring substituents is 1. The molecule has 8 nitrogen and oxygen atoms in total. The molecule has 3 aromatic rings. The average molecular weight is 433 g/mol. The Morgan fingerprint density at radius 3 is 2.79 bits per heavy atom. The summed E-state index contributed by atoms with van der Waals surface area (Å²) in [5, 5.41) is 25.2. The molecule has 29 heavy (non-hydrogen) atoms. The Labute approximate surface area is 173 Å². The minimum atomic E-state index is -0.682. The van der Waals surface area contributed by atoms with Gasteiger partial charge in [0.15, 0.2) is 4.34 Å². The number of amides is 1. The Balaban J connectivity index is 1.60. The van der Waals surface area contributed by atoms with Crippen LogP contribution >= 0.6 is 23.1 Å². The second-order valence-electron chi connectivity index (χ2n) is 6.00. The molecule has 0 aliphatic heterocycles. The number of anilines is 3. The summed E-state index contributed by atoms with van der Waals surface area (Å²) < 4.78 is 13.9. The molecular weight excluding hydrogens is 417 g/mol. The SMILES string of the molecule is Cc1cccc(Nc2nnc(SCC(=O)Nc3cc(F)ccc3[N+](=O)[O-])s2)c1C. The van der Waals surface area contributed by atoms with E-state index in [1.54, 1.807) is 0 Å². The number of carbonyl (C=O) groups is 1. The van der Waals surface area contributed by atoms with Crippen LogP contribution in [0.1, 0.15) is 11.1 Å². The Morgan fingerprint density at radius 2 is 2.03 bits per heavy atom. The first-order chi connectivity index (χ1) is 13.8. The zero-order valence-corrected chi connectivity index (χ0v) is 17.1. The van der Waals surface area contributed by atoms with Crippen LogP contribution in [-0.4, -0.2) is 26.8 Å². The second-order valence-corrected chi connectivity index (χ2v) is 8.20. The van der Waals surface area contributed by atoms with Gasteiger partial charge in [-0.05, 0) is 37.1 Å². The summed E-state index contributed by atoms with van der Waals surface area (Å²) in [6, 6.07) is 8.79. The van der Waals surface area contributed by atoms with Crippen LogP contribution in [0, 0.1) is 29.8 Å². The van der Waals surface area contributed by atoms with Crippen LogP contribution in [0.25, 0.3) is 0 Å². The van der Waals surface area contributed by atoms with Crippen LogP contribution in [0.5, 0.6) is 0 Å². The molecule has 0 atom stereocenters. The fourth-order valence-corrected chi connectivity index (χ4v) is 3.97. The molecule has 2 N–H and O–H groups in total. The molecule has 0 bridgehead atoms. The largest absolute Gasteiger partial charge is 0.330 e. The van der Waals surface area contributed by atoms with E-state index >= 15 is 0 Å². The van der Waals surface area contributed by atoms with Crippen molar-refractivity contribution in [3.8, 4) is 0 Å². The minimum Gasteiger partial charge on any atom is -0.330 e. The first kappa shape index (κ1) is 20.7. The number of nitrogens with one attached hydrogen (secondary N) is 2. The van der Waals surface area contributed by atoms with E-state index in [0.29, 0.717) is 9.47 Å². The number of aromatic nitrogens is 2. The summed E-state index contributed by atoms with van der Waals surface area (Å²) >= 11 is 2.42. The van der Waals surface area contributed by atoms with Crippen LogP contribution in [0.3, 0.4) is 0 Å². The zero-order chi connectivity index (χ0) is 21.0. The molecule has 11 heteroatoms. The van der Waals surface area contributed by atoms with E-state index in [0.717, 1.165) is 46.8 Å². The third-order valence-electron chi connectivity index (χ3n) is 4.01. The van der Waals surface area contributed by atoms with Crippen molar-refractivity contribution in [3.63, 3.8) is 0 Å². The van der Waals surface area contributed by atoms with E-state index in [2.05, 4.69) is 20.8 Å². The maximum Gasteiger partial charge on any atom is 0.292 e. The number of thioether (sulfide) groups is 1. The van der Waals surface area contributed by atoms with Gasteiger partial charge in [0.1, 0.15) is 11.5 Å². The van der Waals surface area contributed by atoms with E-state index in [4.69, 9.17) is 0 Å². The number of nitrogens with zero attached hydrogens (tertiary/aromatic N) is 3. The lowest BCUT2D eigenvalue weighted by Crippen LogP contribution is -2.15. The van der Waals surface area contributed by atoms with Gasteiger partial charge in [-0.15, -0.1) is 10.2 Å². The van der Waals surface area contributed by atoms with Crippen molar-refractivity contribution in [3.05, 3.63) is 63.5 Å². The lowest BCUT2D eigenvalue weighted by molar-refractivity contribution is -0.384. The molecule has 0 unspecified atom stereocenters. The number of rotatable bonds is 7. The molecule has 1 heterocycles. The number of benzene rings is 2. The summed E-state index contributed by atoms with van der Waals surface area (Å²) in [4.78, 5) is 22.4. The minimum absolute atomic E-state index is 0.0498. The number of hydrogen-bond donors (Lipinski definition) is 2. The molecule has 3 rings (SSSR count). The predicted octanol–water partition coefficient (Wildman–Crippen LogP) is 4.68. The van der Waals surface area contributed by atoms with Gasteiger partial charge in [0.25, 0.3) is 5.69 Å². The topological polar surface area (TPSA) is 110 Å². The maximum atomic E-state index is 13.3. The van der Waals surface area contributed by atoms with Crippen molar-refractivity contribution >= 4 is 51.2 Å². The third-order valence-corrected chi connectivity index (χ3v) is 5.98. The molecule has 0 radical (unpaired) electrons. The van der Waals surface area contributed by atoms with Gasteiger partial charge in [-0.25, -0.2) is 4.39 Å². The molecule has 0 fully saturated rings. The monoisotopic (exact) mass is 433 g/mol. The summed E-state index contributed by atoms with van der Waals surface area (Å²) in [6.45, 7) is 4.02. The fraction of sp³-hybridized carbons (Fsp3) is 0.167. The van der Waals surface area contributed by atoms with Gasteiger partial charge in [-0.3, -0.25) is 14.9 Å². The smallest absolute Gasteiger partial charge is 0.292 e. The highest BCUT2D eigenvalue weighted by atomic mass is 32.2. The van der Waals surface area contributed by atoms with Gasteiger partial charge >= 0.3 is 0 Å². The van der Waals surface area contributed by atoms with Crippen LogP contribution in [0.4, 0.5) is 26.6 Å². The number of hydrogen-bond acceptors (Lipinski definition) is 8. The highest BCUT2D eigenvalue weighted by molar-refractivity contribution is 8.01. The maximum absolute atomic E-state index is 13.3. The van der Waals surface area contributed by atoms with E-state index in [-0.39, 0.29) is 17.1 Å². The van der Waals surface area contributed by atoms with Gasteiger partial charge in [-0.2, -0.15) is 0 Å². The lowest BCUT2D eigenvalue weighted by atomic mass is 10.1. The number of carbonyl (C=O) groups excluding carboxylic acids is 1. The average Bonchev–Trinajstić information content (AvgIpc) is 3.11. The fourth-order valence-electron chi connectivity index (χ4n) is 2.40. The van der Waals surface area contributed by atoms with Crippen LogP contribution in [0.15, 0.2) is 40.7 Å². The molecule has 1 aromatic heterocycles. The molecule has 0 saturated carbocycles. The van der Waals surface area contributed by atoms with E-state index in [1.165, 1.54) is 11.3 Å². The van der Waals surface area contributed by atoms with Crippen molar-refractivity contribution in [1.82, 2.24) is 10.2 Å². The van der Waals surface area contributed by atoms with Gasteiger partial charge in [0.2, 0.25) is 11.0 Å². The van der Waals surface area contributed by atoms with E-state index in [1.807, 2.05) is 32.0 Å². The molecule has 0 aliphatic rings. The summed E-state index contributed by atoms with van der Waals surface area (Å²) in [7, 11) is 0. The highest BCUT2D eigenvalue weighted by Crippen LogP contribution is 2.30. The first-order valence-corrected chi connectivity index (χ1v) is 10.2. The molecule has 0 saturated heterocycles. The first-order valence-electron chi connectivity index (χ1n) is 8.37. The number of halogens is 1. The van der Waals surface area contributed by atoms with E-state index < -0.39 is 16.6 Å². The molecular formula is C18H16FN5O3S2. The Kier molecular flexibility index (Phi) is 6.39. The Hall–Kier alpha value is -3.05. The van der Waals surface area contributed by atoms with Gasteiger partial charge < -0.3 is 10.6 Å². The summed E-state index contributed by atoms with van der Waals surface area (Å²) in [5.74, 6) is -1.24. The van der Waals surface area contributed by atoms with Gasteiger partial charge in [-0.1, -0.05) is 35.2 Å². The normalized spacial score (nSPS) is 10.6.